The zero-order chi connectivity index (χ0) is 13.4. The summed E-state index contributed by atoms with van der Waals surface area (Å²) in [4.78, 5) is -1.74. The maximum absolute atomic E-state index is 12.8. The number of benzene rings is 1. The summed E-state index contributed by atoms with van der Waals surface area (Å²) >= 11 is 5.94. The van der Waals surface area contributed by atoms with Crippen LogP contribution in [0.2, 0.25) is 0 Å². The third kappa shape index (κ3) is 2.96. The molecule has 0 saturated carbocycles. The molecule has 0 saturated heterocycles. The van der Waals surface area contributed by atoms with E-state index < -0.39 is 11.0 Å². The van der Waals surface area contributed by atoms with Crippen molar-refractivity contribution in [1.82, 2.24) is 0 Å². The van der Waals surface area contributed by atoms with Gasteiger partial charge in [0.15, 0.2) is 0 Å². The standard InChI is InChI=1S/C11H11Br2F3O/c1-5-4-7(12)6(2)8(9(5)17-3)10(13)11(14,15)16/h4,10H,1-3H3. The van der Waals surface area contributed by atoms with Crippen molar-refractivity contribution >= 4 is 31.9 Å². The first kappa shape index (κ1) is 14.8. The van der Waals surface area contributed by atoms with Crippen LogP contribution in [-0.2, 0) is 0 Å². The van der Waals surface area contributed by atoms with Gasteiger partial charge >= 0.3 is 6.18 Å². The minimum Gasteiger partial charge on any atom is -0.496 e. The van der Waals surface area contributed by atoms with E-state index in [1.165, 1.54) is 7.11 Å². The SMILES string of the molecule is COc1c(C)cc(Br)c(C)c1C(Br)C(F)(F)F. The van der Waals surface area contributed by atoms with Gasteiger partial charge < -0.3 is 4.74 Å². The molecular formula is C11H11Br2F3O. The molecule has 1 aromatic rings. The number of methoxy groups -OCH3 is 1. The Balaban J connectivity index is 3.50. The average molecular weight is 376 g/mol. The second-order valence-electron chi connectivity index (χ2n) is 3.65. The van der Waals surface area contributed by atoms with Crippen LogP contribution < -0.4 is 4.74 Å². The largest absolute Gasteiger partial charge is 0.496 e. The first-order chi connectivity index (χ1) is 7.70. The van der Waals surface area contributed by atoms with Crippen LogP contribution in [0.15, 0.2) is 10.5 Å². The monoisotopic (exact) mass is 374 g/mol. The molecule has 0 radical (unpaired) electrons. The van der Waals surface area contributed by atoms with Gasteiger partial charge in [0, 0.05) is 10.0 Å². The predicted molar refractivity (Wildman–Crippen MR) is 67.9 cm³/mol. The van der Waals surface area contributed by atoms with E-state index in [0.717, 1.165) is 0 Å². The lowest BCUT2D eigenvalue weighted by Gasteiger charge is -2.21. The van der Waals surface area contributed by atoms with Gasteiger partial charge in [-0.3, -0.25) is 0 Å². The van der Waals surface area contributed by atoms with Gasteiger partial charge in [0.1, 0.15) is 10.6 Å². The molecule has 1 atom stereocenters. The minimum atomic E-state index is -4.36. The second kappa shape index (κ2) is 5.18. The van der Waals surface area contributed by atoms with Crippen molar-refractivity contribution in [2.75, 3.05) is 7.11 Å². The average Bonchev–Trinajstić information content (AvgIpc) is 2.20. The quantitative estimate of drug-likeness (QED) is 0.655. The number of ether oxygens (including phenoxy) is 1. The number of hydrogen-bond donors (Lipinski definition) is 0. The summed E-state index contributed by atoms with van der Waals surface area (Å²) in [5.41, 5.74) is 1.30. The Kier molecular flexibility index (Phi) is 4.52. The molecule has 0 bridgehead atoms. The first-order valence-electron chi connectivity index (χ1n) is 4.74. The normalized spacial score (nSPS) is 13.6. The van der Waals surface area contributed by atoms with Crippen molar-refractivity contribution in [1.29, 1.82) is 0 Å². The van der Waals surface area contributed by atoms with Crippen LogP contribution in [0, 0.1) is 13.8 Å². The van der Waals surface area contributed by atoms with Gasteiger partial charge in [0.25, 0.3) is 0 Å². The maximum Gasteiger partial charge on any atom is 0.405 e. The van der Waals surface area contributed by atoms with Gasteiger partial charge in [-0.1, -0.05) is 31.9 Å². The summed E-state index contributed by atoms with van der Waals surface area (Å²) in [6.45, 7) is 3.34. The third-order valence-electron chi connectivity index (χ3n) is 2.45. The van der Waals surface area contributed by atoms with Crippen molar-refractivity contribution in [2.24, 2.45) is 0 Å². The van der Waals surface area contributed by atoms with Crippen LogP contribution in [0.5, 0.6) is 5.75 Å². The first-order valence-corrected chi connectivity index (χ1v) is 6.45. The van der Waals surface area contributed by atoms with Crippen molar-refractivity contribution in [3.63, 3.8) is 0 Å². The second-order valence-corrected chi connectivity index (χ2v) is 5.42. The van der Waals surface area contributed by atoms with E-state index >= 15 is 0 Å². The Morgan fingerprint density at radius 2 is 1.82 bits per heavy atom. The minimum absolute atomic E-state index is 0.117. The molecule has 0 aliphatic rings. The smallest absolute Gasteiger partial charge is 0.405 e. The van der Waals surface area contributed by atoms with Crippen LogP contribution in [0.1, 0.15) is 21.5 Å². The molecule has 0 spiro atoms. The van der Waals surface area contributed by atoms with Gasteiger partial charge in [-0.25, -0.2) is 0 Å². The molecule has 0 heterocycles. The molecule has 17 heavy (non-hydrogen) atoms. The number of alkyl halides is 4. The highest BCUT2D eigenvalue weighted by Gasteiger charge is 2.41. The van der Waals surface area contributed by atoms with Gasteiger partial charge in [-0.05, 0) is 31.0 Å². The molecule has 0 aliphatic heterocycles. The van der Waals surface area contributed by atoms with Gasteiger partial charge in [0.2, 0.25) is 0 Å². The van der Waals surface area contributed by atoms with E-state index in [2.05, 4.69) is 31.9 Å². The molecular weight excluding hydrogens is 365 g/mol. The lowest BCUT2D eigenvalue weighted by atomic mass is 10.0. The summed E-state index contributed by atoms with van der Waals surface area (Å²) < 4.78 is 44.0. The highest BCUT2D eigenvalue weighted by atomic mass is 79.9. The number of rotatable bonds is 2. The maximum atomic E-state index is 12.8. The van der Waals surface area contributed by atoms with E-state index in [9.17, 15) is 13.2 Å². The topological polar surface area (TPSA) is 9.23 Å². The lowest BCUT2D eigenvalue weighted by Crippen LogP contribution is -2.17. The zero-order valence-corrected chi connectivity index (χ0v) is 12.6. The van der Waals surface area contributed by atoms with Crippen molar-refractivity contribution < 1.29 is 17.9 Å². The molecule has 1 nitrogen and oxygen atoms in total. The molecule has 0 aromatic heterocycles. The molecule has 0 fully saturated rings. The van der Waals surface area contributed by atoms with Gasteiger partial charge in [-0.2, -0.15) is 13.2 Å². The Bertz CT molecular complexity index is 430. The zero-order valence-electron chi connectivity index (χ0n) is 9.45. The van der Waals surface area contributed by atoms with Crippen LogP contribution in [-0.4, -0.2) is 13.3 Å². The lowest BCUT2D eigenvalue weighted by molar-refractivity contribution is -0.128. The van der Waals surface area contributed by atoms with Gasteiger partial charge in [0.05, 0.1) is 7.11 Å². The fourth-order valence-electron chi connectivity index (χ4n) is 1.62. The Hall–Kier alpha value is -0.230. The molecule has 0 N–H and O–H groups in total. The Morgan fingerprint density at radius 3 is 2.24 bits per heavy atom. The fraction of sp³-hybridized carbons (Fsp3) is 0.455. The van der Waals surface area contributed by atoms with E-state index in [1.807, 2.05) is 0 Å². The van der Waals surface area contributed by atoms with E-state index in [-0.39, 0.29) is 11.3 Å². The highest BCUT2D eigenvalue weighted by molar-refractivity contribution is 9.10. The number of aryl methyl sites for hydroxylation is 1. The number of hydrogen-bond acceptors (Lipinski definition) is 1. The molecule has 1 rings (SSSR count). The fourth-order valence-corrected chi connectivity index (χ4v) is 2.72. The van der Waals surface area contributed by atoms with Crippen LogP contribution >= 0.6 is 31.9 Å². The predicted octanol–water partition coefficient (Wildman–Crippen LogP) is 5.07. The molecule has 1 unspecified atom stereocenters. The summed E-state index contributed by atoms with van der Waals surface area (Å²) in [5.74, 6) is 0.268. The van der Waals surface area contributed by atoms with Crippen molar-refractivity contribution in [3.8, 4) is 5.75 Å². The molecule has 0 aliphatic carbocycles. The summed E-state index contributed by atoms with van der Waals surface area (Å²) in [6.07, 6.45) is -4.36. The van der Waals surface area contributed by atoms with Crippen LogP contribution in [0.3, 0.4) is 0 Å². The van der Waals surface area contributed by atoms with Gasteiger partial charge in [-0.15, -0.1) is 0 Å². The third-order valence-corrected chi connectivity index (χ3v) is 4.25. The molecule has 0 amide bonds. The Morgan fingerprint density at radius 1 is 1.29 bits per heavy atom. The van der Waals surface area contributed by atoms with Crippen molar-refractivity contribution in [3.05, 3.63) is 27.2 Å². The number of halogens is 5. The molecule has 96 valence electrons. The van der Waals surface area contributed by atoms with Crippen molar-refractivity contribution in [2.45, 2.75) is 24.9 Å². The summed E-state index contributed by atoms with van der Waals surface area (Å²) in [7, 11) is 1.37. The van der Waals surface area contributed by atoms with Crippen LogP contribution in [0.25, 0.3) is 0 Å². The molecule has 1 aromatic carbocycles. The van der Waals surface area contributed by atoms with E-state index in [4.69, 9.17) is 4.74 Å². The van der Waals surface area contributed by atoms with E-state index in [1.54, 1.807) is 19.9 Å². The van der Waals surface area contributed by atoms with Crippen LogP contribution in [0.4, 0.5) is 13.2 Å². The summed E-state index contributed by atoms with van der Waals surface area (Å²) in [6, 6.07) is 1.74. The summed E-state index contributed by atoms with van der Waals surface area (Å²) in [5, 5.41) is 0. The Labute approximate surface area is 115 Å². The molecule has 6 heteroatoms. The highest BCUT2D eigenvalue weighted by Crippen LogP contribution is 2.47. The van der Waals surface area contributed by atoms with E-state index in [0.29, 0.717) is 15.6 Å².